The van der Waals surface area contributed by atoms with Crippen LogP contribution in [0.15, 0.2) is 18.2 Å². The second kappa shape index (κ2) is 13.1. The zero-order valence-electron chi connectivity index (χ0n) is 26.1. The molecule has 2 fully saturated rings. The van der Waals surface area contributed by atoms with Gasteiger partial charge < -0.3 is 29.2 Å². The minimum absolute atomic E-state index is 0.152. The predicted molar refractivity (Wildman–Crippen MR) is 162 cm³/mol. The summed E-state index contributed by atoms with van der Waals surface area (Å²) >= 11 is 0. The first-order valence-electron chi connectivity index (χ1n) is 15.9. The van der Waals surface area contributed by atoms with Gasteiger partial charge in [0.2, 0.25) is 11.8 Å². The summed E-state index contributed by atoms with van der Waals surface area (Å²) in [4.78, 5) is 51.2. The smallest absolute Gasteiger partial charge is 0.408 e. The number of alkyl carbamates (subject to hydrolysis) is 1. The summed E-state index contributed by atoms with van der Waals surface area (Å²) in [6, 6.07) is 4.05. The van der Waals surface area contributed by atoms with Gasteiger partial charge in [-0.05, 0) is 68.4 Å². The highest BCUT2D eigenvalue weighted by atomic mass is 16.6. The number of rotatable bonds is 3. The zero-order chi connectivity index (χ0) is 30.7. The third kappa shape index (κ3) is 6.73. The Hall–Kier alpha value is -3.43. The molecule has 3 heterocycles. The lowest BCUT2D eigenvalue weighted by Crippen LogP contribution is -2.56. The lowest BCUT2D eigenvalue weighted by atomic mass is 9.85. The van der Waals surface area contributed by atoms with Gasteiger partial charge in [0, 0.05) is 12.0 Å². The number of benzene rings is 1. The maximum atomic E-state index is 14.1. The second-order valence-corrected chi connectivity index (χ2v) is 13.4. The molecule has 5 rings (SSSR count). The van der Waals surface area contributed by atoms with Crippen LogP contribution in [-0.2, 0) is 20.7 Å². The van der Waals surface area contributed by atoms with Gasteiger partial charge in [-0.2, -0.15) is 0 Å². The third-order valence-corrected chi connectivity index (χ3v) is 9.43. The van der Waals surface area contributed by atoms with E-state index in [4.69, 9.17) is 24.2 Å². The molecular formula is C33H46N4O6. The van der Waals surface area contributed by atoms with Crippen LogP contribution in [0.2, 0.25) is 0 Å². The number of ether oxygens (including phenoxy) is 3. The standard InChI is InChI=1S/C33H46N4O6/c1-6-22-26(19-38)37-18-28(22)42-30-24(34-23-16-15-21(41-5)17-25(23)35-30)13-9-7-8-11-20-12-10-14-27(20)43-32(40)36-29(31(37)39)33(2,3)4/h15-17,19-20,22,26-29H,6-14,18H2,1-5H3,(H,36,40)/t20-,22+,26-,27-,28+,29-/m1/s1. The van der Waals surface area contributed by atoms with Crippen LogP contribution in [0.5, 0.6) is 11.6 Å². The van der Waals surface area contributed by atoms with Crippen molar-refractivity contribution in [2.24, 2.45) is 17.3 Å². The minimum Gasteiger partial charge on any atom is -0.497 e. The summed E-state index contributed by atoms with van der Waals surface area (Å²) in [7, 11) is 1.61. The zero-order valence-corrected chi connectivity index (χ0v) is 26.1. The number of hydrogen-bond acceptors (Lipinski definition) is 8. The Labute approximate surface area is 254 Å². The highest BCUT2D eigenvalue weighted by Gasteiger charge is 2.48. The number of carbonyl (C=O) groups is 3. The second-order valence-electron chi connectivity index (χ2n) is 13.4. The summed E-state index contributed by atoms with van der Waals surface area (Å²) in [5.41, 5.74) is 1.59. The van der Waals surface area contributed by atoms with Crippen molar-refractivity contribution < 1.29 is 28.6 Å². The predicted octanol–water partition coefficient (Wildman–Crippen LogP) is 5.25. The van der Waals surface area contributed by atoms with E-state index >= 15 is 0 Å². The van der Waals surface area contributed by atoms with Gasteiger partial charge in [0.05, 0.1) is 30.7 Å². The van der Waals surface area contributed by atoms with Crippen LogP contribution in [0.1, 0.15) is 84.8 Å². The molecule has 1 aromatic carbocycles. The Morgan fingerprint density at radius 1 is 1.02 bits per heavy atom. The SMILES string of the molecule is CC[C@@H]1[C@@H]2CN(C(=O)[C@H](C(C)(C)C)NC(=O)O[C@@H]3CCC[C@H]3CCCCCc3nc4ccc(OC)cc4nc3O2)[C@@H]1C=O. The van der Waals surface area contributed by atoms with Crippen molar-refractivity contribution in [3.05, 3.63) is 23.9 Å². The largest absolute Gasteiger partial charge is 0.497 e. The number of aryl methyl sites for hydroxylation is 1. The molecule has 2 amide bonds. The number of carbonyl (C=O) groups excluding carboxylic acids is 3. The fourth-order valence-electron chi connectivity index (χ4n) is 6.99. The quantitative estimate of drug-likeness (QED) is 0.479. The average Bonchev–Trinajstić information content (AvgIpc) is 3.57. The maximum absolute atomic E-state index is 14.1. The Bertz CT molecular complexity index is 1330. The van der Waals surface area contributed by atoms with Gasteiger partial charge in [0.15, 0.2) is 0 Å². The van der Waals surface area contributed by atoms with Crippen molar-refractivity contribution in [3.8, 4) is 11.6 Å². The molecule has 3 aliphatic rings. The summed E-state index contributed by atoms with van der Waals surface area (Å²) in [6.45, 7) is 7.91. The molecule has 1 aliphatic carbocycles. The maximum Gasteiger partial charge on any atom is 0.408 e. The molecule has 6 atom stereocenters. The van der Waals surface area contributed by atoms with Crippen LogP contribution in [0.3, 0.4) is 0 Å². The molecular weight excluding hydrogens is 548 g/mol. The van der Waals surface area contributed by atoms with E-state index in [1.54, 1.807) is 12.0 Å². The number of amides is 2. The van der Waals surface area contributed by atoms with E-state index in [0.717, 1.165) is 62.4 Å². The topological polar surface area (TPSA) is 120 Å². The lowest BCUT2D eigenvalue weighted by molar-refractivity contribution is -0.139. The van der Waals surface area contributed by atoms with Gasteiger partial charge in [-0.25, -0.2) is 14.8 Å². The van der Waals surface area contributed by atoms with Crippen LogP contribution in [-0.4, -0.2) is 71.1 Å². The van der Waals surface area contributed by atoms with Crippen molar-refractivity contribution in [1.82, 2.24) is 20.2 Å². The van der Waals surface area contributed by atoms with Crippen LogP contribution in [0.25, 0.3) is 11.0 Å². The molecule has 1 aromatic heterocycles. The molecule has 10 heteroatoms. The van der Waals surface area contributed by atoms with Crippen LogP contribution < -0.4 is 14.8 Å². The van der Waals surface area contributed by atoms with Crippen molar-refractivity contribution in [2.75, 3.05) is 13.7 Å². The lowest BCUT2D eigenvalue weighted by Gasteiger charge is -2.35. The highest BCUT2D eigenvalue weighted by molar-refractivity contribution is 5.89. The summed E-state index contributed by atoms with van der Waals surface area (Å²) in [5, 5.41) is 2.89. The molecule has 2 aliphatic heterocycles. The van der Waals surface area contributed by atoms with Gasteiger partial charge in [0.1, 0.15) is 36.0 Å². The van der Waals surface area contributed by atoms with E-state index in [1.807, 2.05) is 45.9 Å². The fourth-order valence-corrected chi connectivity index (χ4v) is 6.99. The van der Waals surface area contributed by atoms with Crippen molar-refractivity contribution >= 4 is 29.3 Å². The molecule has 0 unspecified atom stereocenters. The number of hydrogen-bond donors (Lipinski definition) is 1. The van der Waals surface area contributed by atoms with E-state index in [1.165, 1.54) is 0 Å². The first kappa shape index (κ1) is 31.0. The van der Waals surface area contributed by atoms with E-state index in [9.17, 15) is 14.4 Å². The van der Waals surface area contributed by atoms with Crippen molar-refractivity contribution in [1.29, 1.82) is 0 Å². The number of methoxy groups -OCH3 is 1. The Balaban J connectivity index is 1.52. The molecule has 10 nitrogen and oxygen atoms in total. The molecule has 1 N–H and O–H groups in total. The Morgan fingerprint density at radius 2 is 1.81 bits per heavy atom. The fraction of sp³-hybridized carbons (Fsp3) is 0.667. The first-order valence-corrected chi connectivity index (χ1v) is 15.9. The number of nitrogens with zero attached hydrogens (tertiary/aromatic N) is 3. The molecule has 2 aromatic rings. The third-order valence-electron chi connectivity index (χ3n) is 9.43. The summed E-state index contributed by atoms with van der Waals surface area (Å²) in [5.74, 6) is 0.869. The van der Waals surface area contributed by atoms with Crippen LogP contribution >= 0.6 is 0 Å². The Kier molecular flexibility index (Phi) is 9.42. The van der Waals surface area contributed by atoms with Gasteiger partial charge >= 0.3 is 6.09 Å². The molecule has 234 valence electrons. The van der Waals surface area contributed by atoms with E-state index in [0.29, 0.717) is 35.9 Å². The molecule has 43 heavy (non-hydrogen) atoms. The number of nitrogens with one attached hydrogen (secondary N) is 1. The molecule has 1 saturated heterocycles. The van der Waals surface area contributed by atoms with Crippen molar-refractivity contribution in [2.45, 2.75) is 110 Å². The van der Waals surface area contributed by atoms with Crippen LogP contribution in [0.4, 0.5) is 4.79 Å². The van der Waals surface area contributed by atoms with E-state index in [-0.39, 0.29) is 24.5 Å². The Morgan fingerprint density at radius 3 is 2.53 bits per heavy atom. The van der Waals surface area contributed by atoms with Crippen LogP contribution in [0, 0.1) is 17.3 Å². The first-order chi connectivity index (χ1) is 20.6. The summed E-state index contributed by atoms with van der Waals surface area (Å²) < 4.78 is 18.0. The number of aldehydes is 1. The van der Waals surface area contributed by atoms with Gasteiger partial charge in [-0.1, -0.05) is 40.5 Å². The normalized spacial score (nSPS) is 29.0. The van der Waals surface area contributed by atoms with Gasteiger partial charge in [0.25, 0.3) is 0 Å². The highest BCUT2D eigenvalue weighted by Crippen LogP contribution is 2.36. The van der Waals surface area contributed by atoms with Gasteiger partial charge in [-0.3, -0.25) is 4.79 Å². The van der Waals surface area contributed by atoms with E-state index in [2.05, 4.69) is 5.32 Å². The number of aromatic nitrogens is 2. The average molecular weight is 595 g/mol. The van der Waals surface area contributed by atoms with Crippen molar-refractivity contribution in [3.63, 3.8) is 0 Å². The minimum atomic E-state index is -0.874. The van der Waals surface area contributed by atoms with Gasteiger partial charge in [-0.15, -0.1) is 0 Å². The number of fused-ring (bicyclic) bond motifs is 5. The summed E-state index contributed by atoms with van der Waals surface area (Å²) in [6.07, 6.45) is 7.81. The monoisotopic (exact) mass is 594 g/mol. The van der Waals surface area contributed by atoms with E-state index < -0.39 is 29.7 Å². The molecule has 0 spiro atoms. The molecule has 0 radical (unpaired) electrons. The molecule has 1 saturated carbocycles. The molecule has 2 bridgehead atoms.